The summed E-state index contributed by atoms with van der Waals surface area (Å²) in [6.07, 6.45) is -7.52. The molecule has 9 heterocycles. The van der Waals surface area contributed by atoms with Crippen molar-refractivity contribution >= 4 is 67.3 Å². The maximum atomic E-state index is 16.4. The van der Waals surface area contributed by atoms with Gasteiger partial charge in [-0.1, -0.05) is 0 Å². The summed E-state index contributed by atoms with van der Waals surface area (Å²) < 4.78 is 83.1. The smallest absolute Gasteiger partial charge is 0.325 e. The first-order valence-corrected chi connectivity index (χ1v) is 20.2. The highest BCUT2D eigenvalue weighted by Gasteiger charge is 2.54. The predicted molar refractivity (Wildman–Crippen MR) is 173 cm³/mol. The fraction of sp³-hybridized carbons (Fsp3) is 0.615. The van der Waals surface area contributed by atoms with E-state index < -0.39 is 76.6 Å². The molecule has 3 N–H and O–H groups in total. The number of anilines is 2. The number of aryl methyl sites for hydroxylation is 2. The van der Waals surface area contributed by atoms with Crippen molar-refractivity contribution < 1.29 is 45.8 Å². The highest BCUT2D eigenvalue weighted by atomic mass is 32.5. The molecule has 24 heteroatoms. The number of alkyl halides is 2. The summed E-state index contributed by atoms with van der Waals surface area (Å²) in [5.41, 5.74) is 1.89. The first-order chi connectivity index (χ1) is 24.1. The van der Waals surface area contributed by atoms with Crippen molar-refractivity contribution in [3.63, 3.8) is 0 Å². The number of aromatic nitrogens is 8. The maximum Gasteiger partial charge on any atom is 0.325 e. The molecule has 9 rings (SSSR count). The van der Waals surface area contributed by atoms with Gasteiger partial charge in [0.1, 0.15) is 48.7 Å². The lowest BCUT2D eigenvalue weighted by Crippen LogP contribution is -2.37. The van der Waals surface area contributed by atoms with Crippen LogP contribution in [0.1, 0.15) is 36.7 Å². The van der Waals surface area contributed by atoms with Gasteiger partial charge in [0.2, 0.25) is 7.57 Å². The molecule has 18 nitrogen and oxygen atoms in total. The molecule has 0 bridgehead atoms. The number of rotatable bonds is 2. The van der Waals surface area contributed by atoms with Crippen molar-refractivity contribution in [3.05, 3.63) is 24.0 Å². The fourth-order valence-electron chi connectivity index (χ4n) is 7.02. The fourth-order valence-corrected chi connectivity index (χ4v) is 9.46. The van der Waals surface area contributed by atoms with Crippen LogP contribution >= 0.6 is 14.2 Å². The minimum absolute atomic E-state index is 0.301. The van der Waals surface area contributed by atoms with Crippen LogP contribution in [0.3, 0.4) is 0 Å². The molecule has 5 aliphatic heterocycles. The molecule has 50 heavy (non-hydrogen) atoms. The molecule has 4 aromatic heterocycles. The third-order valence-electron chi connectivity index (χ3n) is 9.25. The average Bonchev–Trinajstić information content (AvgIpc) is 3.71. The lowest BCUT2D eigenvalue weighted by atomic mass is 10.1. The summed E-state index contributed by atoms with van der Waals surface area (Å²) in [6.45, 7) is -4.18. The molecule has 0 spiro atoms. The van der Waals surface area contributed by atoms with E-state index in [0.717, 1.165) is 12.8 Å². The maximum absolute atomic E-state index is 16.4. The summed E-state index contributed by atoms with van der Waals surface area (Å²) in [5.74, 6) is 1.11. The van der Waals surface area contributed by atoms with Crippen LogP contribution in [0.15, 0.2) is 12.7 Å². The van der Waals surface area contributed by atoms with E-state index in [1.165, 1.54) is 22.0 Å². The van der Waals surface area contributed by atoms with Crippen LogP contribution in [0.25, 0.3) is 22.1 Å². The van der Waals surface area contributed by atoms with Crippen LogP contribution in [0.4, 0.5) is 20.4 Å². The second kappa shape index (κ2) is 12.4. The molecular weight excluding hydrogens is 723 g/mol. The predicted octanol–water partition coefficient (Wildman–Crippen LogP) is 2.16. The van der Waals surface area contributed by atoms with Crippen molar-refractivity contribution in [3.8, 4) is 0 Å². The Morgan fingerprint density at radius 3 is 1.86 bits per heavy atom. The van der Waals surface area contributed by atoms with Gasteiger partial charge in [0, 0.05) is 13.1 Å². The van der Waals surface area contributed by atoms with Crippen LogP contribution in [0.2, 0.25) is 0 Å². The molecule has 10 atom stereocenters. The van der Waals surface area contributed by atoms with Gasteiger partial charge < -0.3 is 38.6 Å². The van der Waals surface area contributed by atoms with Crippen LogP contribution in [0.5, 0.6) is 0 Å². The quantitative estimate of drug-likeness (QED) is 0.198. The second-order valence-electron chi connectivity index (χ2n) is 12.4. The summed E-state index contributed by atoms with van der Waals surface area (Å²) in [6, 6.07) is 0. The number of ether oxygens (including phenoxy) is 2. The largest absolute Gasteiger partial charge is 0.369 e. The standard InChI is InChI=1S/C26H29BF2N10O8P2S/c27-48(40)42-7-13-20(18(29)26(44-13)39-24-16-12(37-39)4-2-6-31-22(16)33-10-35-24)47-49(41,50)43-8-14-19(46-48)17(28)25(45-14)38-23-15-11(36-38)3-1-5-30-21(15)32-9-34-23/h9-10,13-14,17-20,25-26H,1-8H2,(H,41,50)(H,30,32,34)(H,31,33,35)/t13-,14-,17?,18?,19?,20?,25-,26-,48?,49?/m1/s1. The van der Waals surface area contributed by atoms with Crippen LogP contribution in [0, 0.1) is 0 Å². The minimum Gasteiger partial charge on any atom is -0.369 e. The van der Waals surface area contributed by atoms with Crippen molar-refractivity contribution in [2.24, 2.45) is 0 Å². The van der Waals surface area contributed by atoms with Gasteiger partial charge in [-0.05, 0) is 37.5 Å². The van der Waals surface area contributed by atoms with Crippen LogP contribution in [-0.2, 0) is 56.8 Å². The number of fused-ring (bicyclic) bond motifs is 2. The first-order valence-electron chi connectivity index (χ1n) is 16.0. The third kappa shape index (κ3) is 5.64. The topological polar surface area (TPSA) is 204 Å². The van der Waals surface area contributed by atoms with E-state index in [1.54, 1.807) is 0 Å². The van der Waals surface area contributed by atoms with Crippen molar-refractivity contribution in [1.29, 1.82) is 0 Å². The van der Waals surface area contributed by atoms with Crippen LogP contribution < -0.4 is 10.6 Å². The number of hydrogen-bond donors (Lipinski definition) is 3. The molecule has 0 saturated carbocycles. The molecule has 0 aromatic carbocycles. The Bertz CT molecular complexity index is 1940. The van der Waals surface area contributed by atoms with Gasteiger partial charge in [-0.2, -0.15) is 10.2 Å². The van der Waals surface area contributed by atoms with E-state index in [1.807, 2.05) is 0 Å². The van der Waals surface area contributed by atoms with Gasteiger partial charge in [0.15, 0.2) is 36.1 Å². The number of nitrogens with zero attached hydrogens (tertiary/aromatic N) is 8. The number of nitrogens with one attached hydrogen (secondary N) is 2. The molecule has 0 amide bonds. The molecule has 0 aliphatic carbocycles. The molecule has 6 unspecified atom stereocenters. The highest BCUT2D eigenvalue weighted by Crippen LogP contribution is 2.54. The van der Waals surface area contributed by atoms with Crippen molar-refractivity contribution in [2.45, 2.75) is 74.9 Å². The Morgan fingerprint density at radius 1 is 0.820 bits per heavy atom. The molecular formula is C26H29BF2N10O8P2S. The van der Waals surface area contributed by atoms with Gasteiger partial charge in [0.05, 0.1) is 35.4 Å². The van der Waals surface area contributed by atoms with Crippen molar-refractivity contribution in [1.82, 2.24) is 39.5 Å². The summed E-state index contributed by atoms with van der Waals surface area (Å²) in [5, 5.41) is 16.8. The van der Waals surface area contributed by atoms with E-state index in [4.69, 9.17) is 46.9 Å². The molecule has 3 saturated heterocycles. The molecule has 4 aromatic rings. The zero-order valence-corrected chi connectivity index (χ0v) is 28.6. The van der Waals surface area contributed by atoms with E-state index in [-0.39, 0.29) is 0 Å². The number of halogens is 2. The molecule has 264 valence electrons. The van der Waals surface area contributed by atoms with Crippen LogP contribution in [-0.4, -0.2) is 115 Å². The summed E-state index contributed by atoms with van der Waals surface area (Å²) in [7, 11) is 1.39. The SMILES string of the molecule is [B]P1(=O)OC[C@H]2O[C@@H](n3nc4c5c(ncnc53)NCCC4)C(F)C2OP(O)(=S)OC[C@H]2O[C@@H](n3nc4c5c(ncnc53)NCCC4)C(F)C2O1. The van der Waals surface area contributed by atoms with E-state index in [9.17, 15) is 9.46 Å². The lowest BCUT2D eigenvalue weighted by Gasteiger charge is -2.29. The minimum atomic E-state index is -4.58. The third-order valence-corrected chi connectivity index (χ3v) is 11.9. The normalized spacial score (nSPS) is 37.5. The Morgan fingerprint density at radius 2 is 1.32 bits per heavy atom. The Kier molecular flexibility index (Phi) is 8.22. The van der Waals surface area contributed by atoms with E-state index >= 15 is 8.78 Å². The Balaban J connectivity index is 1.00. The van der Waals surface area contributed by atoms with Gasteiger partial charge in [-0.3, -0.25) is 9.09 Å². The summed E-state index contributed by atoms with van der Waals surface area (Å²) in [4.78, 5) is 28.3. The zero-order valence-electron chi connectivity index (χ0n) is 25.9. The highest BCUT2D eigenvalue weighted by molar-refractivity contribution is 8.07. The van der Waals surface area contributed by atoms with E-state index in [0.29, 0.717) is 71.0 Å². The second-order valence-corrected chi connectivity index (χ2v) is 16.8. The van der Waals surface area contributed by atoms with Gasteiger partial charge >= 0.3 is 6.72 Å². The zero-order chi connectivity index (χ0) is 34.4. The lowest BCUT2D eigenvalue weighted by molar-refractivity contribution is -0.0601. The number of hydrogen-bond acceptors (Lipinski definition) is 16. The van der Waals surface area contributed by atoms with Gasteiger partial charge in [0.25, 0.3) is 7.47 Å². The van der Waals surface area contributed by atoms with Crippen molar-refractivity contribution in [2.75, 3.05) is 36.9 Å². The molecule has 5 aliphatic rings. The van der Waals surface area contributed by atoms with Gasteiger partial charge in [-0.25, -0.2) is 38.1 Å². The van der Waals surface area contributed by atoms with E-state index in [2.05, 4.69) is 40.8 Å². The molecule has 2 radical (unpaired) electrons. The Labute approximate surface area is 288 Å². The Hall–Kier alpha value is -2.78. The first kappa shape index (κ1) is 33.1. The summed E-state index contributed by atoms with van der Waals surface area (Å²) >= 11 is 5.27. The molecule has 3 fully saturated rings. The van der Waals surface area contributed by atoms with Gasteiger partial charge in [-0.15, -0.1) is 0 Å². The average molecular weight is 752 g/mol. The monoisotopic (exact) mass is 752 g/mol.